The van der Waals surface area contributed by atoms with E-state index in [0.29, 0.717) is 29.4 Å². The number of hydrogen-bond acceptors (Lipinski definition) is 10. The summed E-state index contributed by atoms with van der Waals surface area (Å²) in [5.74, 6) is 0.567. The van der Waals surface area contributed by atoms with Crippen LogP contribution >= 0.6 is 11.3 Å². The molecular formula is C21H20N4O7S. The van der Waals surface area contributed by atoms with Crippen LogP contribution in [0.3, 0.4) is 0 Å². The summed E-state index contributed by atoms with van der Waals surface area (Å²) in [6, 6.07) is 6.89. The summed E-state index contributed by atoms with van der Waals surface area (Å²) >= 11 is 1.39. The third kappa shape index (κ3) is 5.92. The summed E-state index contributed by atoms with van der Waals surface area (Å²) in [5, 5.41) is 17.7. The Balaban J connectivity index is 1.25. The summed E-state index contributed by atoms with van der Waals surface area (Å²) in [5.41, 5.74) is 0.617. The first-order chi connectivity index (χ1) is 15.9. The lowest BCUT2D eigenvalue weighted by Gasteiger charge is -2.12. The SMILES string of the molecule is Cc1cc(CC(=O)Nc2ncc(C3CCC(OC(=O)Oc4ccc([N+](=O)[O-])cc4)C3)s2)on1. The number of hydrogen-bond donors (Lipinski definition) is 1. The zero-order valence-electron chi connectivity index (χ0n) is 17.6. The minimum Gasteiger partial charge on any atom is -0.431 e. The normalized spacial score (nSPS) is 17.5. The molecule has 1 amide bonds. The van der Waals surface area contributed by atoms with Crippen LogP contribution in [0.15, 0.2) is 41.1 Å². The molecule has 2 heterocycles. The van der Waals surface area contributed by atoms with Gasteiger partial charge in [0.25, 0.3) is 5.69 Å². The van der Waals surface area contributed by atoms with Crippen LogP contribution in [0.1, 0.15) is 41.5 Å². The fourth-order valence-electron chi connectivity index (χ4n) is 3.55. The van der Waals surface area contributed by atoms with Crippen molar-refractivity contribution in [1.82, 2.24) is 10.1 Å². The van der Waals surface area contributed by atoms with Gasteiger partial charge in [-0.05, 0) is 44.2 Å². The summed E-state index contributed by atoms with van der Waals surface area (Å²) < 4.78 is 15.5. The van der Waals surface area contributed by atoms with Crippen LogP contribution in [0.4, 0.5) is 15.6 Å². The second kappa shape index (κ2) is 9.77. The monoisotopic (exact) mass is 472 g/mol. The number of ether oxygens (including phenoxy) is 2. The Morgan fingerprint density at radius 1 is 1.30 bits per heavy atom. The molecule has 1 aliphatic carbocycles. The summed E-state index contributed by atoms with van der Waals surface area (Å²) in [7, 11) is 0. The molecule has 3 aromatic rings. The van der Waals surface area contributed by atoms with Gasteiger partial charge in [-0.25, -0.2) is 9.78 Å². The van der Waals surface area contributed by atoms with E-state index in [1.165, 1.54) is 35.6 Å². The molecule has 0 radical (unpaired) electrons. The molecule has 11 nitrogen and oxygen atoms in total. The van der Waals surface area contributed by atoms with Crippen molar-refractivity contribution in [3.63, 3.8) is 0 Å². The van der Waals surface area contributed by atoms with E-state index in [0.717, 1.165) is 11.3 Å². The molecule has 2 unspecified atom stereocenters. The molecule has 1 aliphatic rings. The highest BCUT2D eigenvalue weighted by atomic mass is 32.1. The van der Waals surface area contributed by atoms with Crippen molar-refractivity contribution in [2.24, 2.45) is 0 Å². The number of nitro groups is 1. The van der Waals surface area contributed by atoms with Gasteiger partial charge in [0.2, 0.25) is 5.91 Å². The number of non-ortho nitro benzene ring substituents is 1. The van der Waals surface area contributed by atoms with Crippen LogP contribution in [-0.4, -0.2) is 33.2 Å². The molecule has 4 rings (SSSR count). The first-order valence-electron chi connectivity index (χ1n) is 10.2. The van der Waals surface area contributed by atoms with Crippen molar-refractivity contribution < 1.29 is 28.5 Å². The third-order valence-electron chi connectivity index (χ3n) is 5.08. The van der Waals surface area contributed by atoms with Crippen LogP contribution in [0, 0.1) is 17.0 Å². The smallest absolute Gasteiger partial charge is 0.431 e. The second-order valence-corrected chi connectivity index (χ2v) is 8.64. The second-order valence-electron chi connectivity index (χ2n) is 7.58. The van der Waals surface area contributed by atoms with Crippen molar-refractivity contribution in [1.29, 1.82) is 0 Å². The van der Waals surface area contributed by atoms with E-state index in [9.17, 15) is 19.7 Å². The minimum absolute atomic E-state index is 0.0754. The number of carbonyl (C=O) groups is 2. The molecule has 2 atom stereocenters. The Hall–Kier alpha value is -3.80. The lowest BCUT2D eigenvalue weighted by molar-refractivity contribution is -0.384. The van der Waals surface area contributed by atoms with Gasteiger partial charge in [-0.3, -0.25) is 14.9 Å². The van der Waals surface area contributed by atoms with Crippen LogP contribution < -0.4 is 10.1 Å². The zero-order valence-corrected chi connectivity index (χ0v) is 18.4. The average Bonchev–Trinajstić information content (AvgIpc) is 3.50. The number of carbonyl (C=O) groups excluding carboxylic acids is 2. The first-order valence-corrected chi connectivity index (χ1v) is 11.0. The molecule has 2 aromatic heterocycles. The highest BCUT2D eigenvalue weighted by Crippen LogP contribution is 2.39. The Kier molecular flexibility index (Phi) is 6.63. The number of thiazole rings is 1. The number of nitrogens with zero attached hydrogens (tertiary/aromatic N) is 3. The summed E-state index contributed by atoms with van der Waals surface area (Å²) in [4.78, 5) is 39.6. The number of nitrogens with one attached hydrogen (secondary N) is 1. The molecule has 0 aliphatic heterocycles. The van der Waals surface area contributed by atoms with Gasteiger partial charge in [0.1, 0.15) is 17.6 Å². The number of benzene rings is 1. The molecule has 0 bridgehead atoms. The van der Waals surface area contributed by atoms with Crippen LogP contribution in [0.2, 0.25) is 0 Å². The largest absolute Gasteiger partial charge is 0.514 e. The number of nitro benzene ring substituents is 1. The maximum atomic E-state index is 12.2. The van der Waals surface area contributed by atoms with E-state index < -0.39 is 11.1 Å². The average molecular weight is 472 g/mol. The molecule has 12 heteroatoms. The van der Waals surface area contributed by atoms with E-state index in [4.69, 9.17) is 14.0 Å². The number of aromatic nitrogens is 2. The lowest BCUT2D eigenvalue weighted by Crippen LogP contribution is -2.18. The van der Waals surface area contributed by atoms with E-state index in [1.807, 2.05) is 0 Å². The van der Waals surface area contributed by atoms with Crippen LogP contribution in [-0.2, 0) is 16.0 Å². The van der Waals surface area contributed by atoms with Gasteiger partial charge in [0, 0.05) is 29.3 Å². The van der Waals surface area contributed by atoms with E-state index in [-0.39, 0.29) is 35.8 Å². The zero-order chi connectivity index (χ0) is 23.4. The van der Waals surface area contributed by atoms with Crippen molar-refractivity contribution in [3.05, 3.63) is 63.0 Å². The Morgan fingerprint density at radius 2 is 2.09 bits per heavy atom. The quantitative estimate of drug-likeness (QED) is 0.229. The molecule has 1 fully saturated rings. The Labute approximate surface area is 191 Å². The maximum absolute atomic E-state index is 12.2. The van der Waals surface area contributed by atoms with E-state index in [1.54, 1.807) is 19.2 Å². The predicted octanol–water partition coefficient (Wildman–Crippen LogP) is 4.38. The van der Waals surface area contributed by atoms with Gasteiger partial charge in [-0.1, -0.05) is 5.16 Å². The predicted molar refractivity (Wildman–Crippen MR) is 116 cm³/mol. The molecule has 33 heavy (non-hydrogen) atoms. The van der Waals surface area contributed by atoms with Crippen molar-refractivity contribution in [2.45, 2.75) is 44.6 Å². The highest BCUT2D eigenvalue weighted by molar-refractivity contribution is 7.15. The van der Waals surface area contributed by atoms with Crippen molar-refractivity contribution in [3.8, 4) is 5.75 Å². The topological polar surface area (TPSA) is 147 Å². The minimum atomic E-state index is -0.852. The highest BCUT2D eigenvalue weighted by Gasteiger charge is 2.30. The Morgan fingerprint density at radius 3 is 2.79 bits per heavy atom. The van der Waals surface area contributed by atoms with Crippen LogP contribution in [0.5, 0.6) is 5.75 Å². The van der Waals surface area contributed by atoms with Crippen molar-refractivity contribution in [2.75, 3.05) is 5.32 Å². The van der Waals surface area contributed by atoms with Gasteiger partial charge in [0.15, 0.2) is 5.13 Å². The first kappa shape index (κ1) is 22.4. The molecule has 0 spiro atoms. The number of amides is 1. The molecule has 1 saturated carbocycles. The molecule has 1 N–H and O–H groups in total. The lowest BCUT2D eigenvalue weighted by atomic mass is 10.1. The number of anilines is 1. The van der Waals surface area contributed by atoms with E-state index >= 15 is 0 Å². The fourth-order valence-corrected chi connectivity index (χ4v) is 4.53. The molecular weight excluding hydrogens is 452 g/mol. The molecule has 0 saturated heterocycles. The molecule has 1 aromatic carbocycles. The fraction of sp³-hybridized carbons (Fsp3) is 0.333. The van der Waals surface area contributed by atoms with Gasteiger partial charge in [-0.2, -0.15) is 0 Å². The summed E-state index contributed by atoms with van der Waals surface area (Å²) in [6.45, 7) is 1.78. The van der Waals surface area contributed by atoms with Gasteiger partial charge >= 0.3 is 6.16 Å². The van der Waals surface area contributed by atoms with Gasteiger partial charge in [0.05, 0.1) is 17.0 Å². The Bertz CT molecular complexity index is 1160. The maximum Gasteiger partial charge on any atom is 0.514 e. The van der Waals surface area contributed by atoms with E-state index in [2.05, 4.69) is 15.5 Å². The number of rotatable bonds is 7. The van der Waals surface area contributed by atoms with Gasteiger partial charge in [-0.15, -0.1) is 11.3 Å². The molecule has 172 valence electrons. The van der Waals surface area contributed by atoms with Crippen molar-refractivity contribution >= 4 is 34.2 Å². The number of aryl methyl sites for hydroxylation is 1. The summed E-state index contributed by atoms with van der Waals surface area (Å²) in [6.07, 6.45) is 2.73. The third-order valence-corrected chi connectivity index (χ3v) is 6.16. The van der Waals surface area contributed by atoms with Crippen LogP contribution in [0.25, 0.3) is 0 Å². The van der Waals surface area contributed by atoms with Gasteiger partial charge < -0.3 is 19.3 Å². The standard InChI is InChI=1S/C21H20N4O7S/c1-12-8-17(32-24-12)10-19(26)23-20-22-11-18(33-20)13-2-5-16(9-13)31-21(27)30-15-6-3-14(4-7-15)25(28)29/h3-4,6-8,11,13,16H,2,5,9-10H2,1H3,(H,22,23,26).